The quantitative estimate of drug-likeness (QED) is 0.362. The predicted octanol–water partition coefficient (Wildman–Crippen LogP) is 5.45. The van der Waals surface area contributed by atoms with Crippen molar-refractivity contribution in [2.24, 2.45) is 0 Å². The Morgan fingerprint density at radius 3 is 2.53 bits per heavy atom. The van der Waals surface area contributed by atoms with Crippen molar-refractivity contribution in [3.63, 3.8) is 0 Å². The maximum Gasteiger partial charge on any atom is 0.198 e. The van der Waals surface area contributed by atoms with E-state index >= 15 is 0 Å². The first-order valence-electron chi connectivity index (χ1n) is 10.4. The highest BCUT2D eigenvalue weighted by Crippen LogP contribution is 2.32. The molecular weight excluding hydrogens is 418 g/mol. The van der Waals surface area contributed by atoms with Gasteiger partial charge < -0.3 is 4.74 Å². The zero-order valence-corrected chi connectivity index (χ0v) is 18.8. The van der Waals surface area contributed by atoms with E-state index in [1.807, 2.05) is 30.3 Å². The minimum atomic E-state index is -0.0241. The molecule has 0 aliphatic heterocycles. The molecule has 2 aromatic carbocycles. The molecule has 0 saturated heterocycles. The van der Waals surface area contributed by atoms with Crippen molar-refractivity contribution in [2.75, 3.05) is 0 Å². The van der Waals surface area contributed by atoms with Crippen LogP contribution in [0.25, 0.3) is 0 Å². The van der Waals surface area contributed by atoms with E-state index in [0.29, 0.717) is 21.6 Å². The highest BCUT2D eigenvalue weighted by atomic mass is 32.2. The Balaban J connectivity index is 1.65. The number of aryl methyl sites for hydroxylation is 1. The Hall–Kier alpha value is -3.63. The van der Waals surface area contributed by atoms with Crippen molar-refractivity contribution >= 4 is 11.8 Å². The smallest absolute Gasteiger partial charge is 0.198 e. The van der Waals surface area contributed by atoms with Crippen molar-refractivity contribution in [1.29, 1.82) is 5.26 Å². The maximum atomic E-state index is 9.44. The molecule has 0 fully saturated rings. The zero-order chi connectivity index (χ0) is 22.3. The molecule has 1 unspecified atom stereocenters. The van der Waals surface area contributed by atoms with E-state index < -0.39 is 0 Å². The summed E-state index contributed by atoms with van der Waals surface area (Å²) >= 11 is 1.34. The van der Waals surface area contributed by atoms with Gasteiger partial charge in [0.05, 0.1) is 11.6 Å². The van der Waals surface area contributed by atoms with Crippen LogP contribution < -0.4 is 4.74 Å². The lowest BCUT2D eigenvalue weighted by atomic mass is 10.1. The van der Waals surface area contributed by atoms with Crippen molar-refractivity contribution in [1.82, 2.24) is 19.7 Å². The molecule has 0 bridgehead atoms. The van der Waals surface area contributed by atoms with E-state index in [-0.39, 0.29) is 12.6 Å². The fourth-order valence-corrected chi connectivity index (χ4v) is 4.31. The molecule has 0 spiro atoms. The summed E-state index contributed by atoms with van der Waals surface area (Å²) in [6.07, 6.45) is 2.66. The number of ether oxygens (including phenoxy) is 1. The molecule has 4 aromatic rings. The van der Waals surface area contributed by atoms with Gasteiger partial charge in [0.1, 0.15) is 23.5 Å². The molecule has 7 heteroatoms. The minimum Gasteiger partial charge on any atom is -0.486 e. The third kappa shape index (κ3) is 4.82. The van der Waals surface area contributed by atoms with Crippen LogP contribution in [0, 0.1) is 11.3 Å². The fraction of sp³-hybridized carbons (Fsp3) is 0.200. The number of aromatic nitrogens is 4. The molecule has 0 aliphatic carbocycles. The van der Waals surface area contributed by atoms with Gasteiger partial charge in [0.15, 0.2) is 11.0 Å². The van der Waals surface area contributed by atoms with Crippen LogP contribution >= 0.6 is 11.8 Å². The molecule has 0 radical (unpaired) electrons. The van der Waals surface area contributed by atoms with Crippen LogP contribution in [0.3, 0.4) is 0 Å². The highest BCUT2D eigenvalue weighted by Gasteiger charge is 2.21. The molecule has 160 valence electrons. The number of nitriles is 1. The summed E-state index contributed by atoms with van der Waals surface area (Å²) < 4.78 is 8.08. The van der Waals surface area contributed by atoms with Gasteiger partial charge in [-0.05, 0) is 60.5 Å². The number of hydrogen-bond donors (Lipinski definition) is 0. The minimum absolute atomic E-state index is 0.0241. The Morgan fingerprint density at radius 1 is 1.03 bits per heavy atom. The molecule has 1 atom stereocenters. The molecular formula is C25H23N5OS. The summed E-state index contributed by atoms with van der Waals surface area (Å²) in [5.74, 6) is 1.49. The van der Waals surface area contributed by atoms with E-state index in [1.165, 1.54) is 17.3 Å². The van der Waals surface area contributed by atoms with Crippen molar-refractivity contribution < 1.29 is 4.74 Å². The van der Waals surface area contributed by atoms with Gasteiger partial charge in [0.2, 0.25) is 0 Å². The largest absolute Gasteiger partial charge is 0.486 e. The molecule has 0 N–H and O–H groups in total. The van der Waals surface area contributed by atoms with E-state index in [4.69, 9.17) is 4.74 Å². The van der Waals surface area contributed by atoms with Crippen LogP contribution in [0.2, 0.25) is 0 Å². The zero-order valence-electron chi connectivity index (χ0n) is 18.0. The topological polar surface area (TPSA) is 76.6 Å². The van der Waals surface area contributed by atoms with E-state index in [2.05, 4.69) is 63.9 Å². The second-order valence-corrected chi connectivity index (χ2v) is 8.17. The lowest BCUT2D eigenvalue weighted by Crippen LogP contribution is -2.14. The number of pyridine rings is 1. The van der Waals surface area contributed by atoms with Gasteiger partial charge in [-0.25, -0.2) is 4.98 Å². The van der Waals surface area contributed by atoms with Crippen LogP contribution in [0.15, 0.2) is 83.1 Å². The Labute approximate surface area is 191 Å². The Bertz CT molecular complexity index is 1220. The van der Waals surface area contributed by atoms with Crippen molar-refractivity contribution in [3.05, 3.63) is 95.4 Å². The monoisotopic (exact) mass is 441 g/mol. The maximum absolute atomic E-state index is 9.44. The molecule has 0 aliphatic rings. The SMILES string of the molecule is CCc1ccc(OCc2nnc(Sc3ncccc3C#N)n2C(C)c2ccccc2)cc1. The van der Waals surface area contributed by atoms with Crippen LogP contribution in [0.4, 0.5) is 0 Å². The summed E-state index contributed by atoms with van der Waals surface area (Å²) in [6, 6.07) is 23.9. The van der Waals surface area contributed by atoms with E-state index in [9.17, 15) is 5.26 Å². The number of hydrogen-bond acceptors (Lipinski definition) is 6. The first-order valence-corrected chi connectivity index (χ1v) is 11.2. The van der Waals surface area contributed by atoms with Crippen LogP contribution in [0.1, 0.15) is 42.4 Å². The Morgan fingerprint density at radius 2 is 1.81 bits per heavy atom. The van der Waals surface area contributed by atoms with Crippen molar-refractivity contribution in [3.8, 4) is 11.8 Å². The molecule has 0 amide bonds. The van der Waals surface area contributed by atoms with Gasteiger partial charge in [-0.15, -0.1) is 10.2 Å². The van der Waals surface area contributed by atoms with Gasteiger partial charge in [-0.3, -0.25) is 4.57 Å². The summed E-state index contributed by atoms with van der Waals surface area (Å²) in [7, 11) is 0. The number of nitrogens with zero attached hydrogens (tertiary/aromatic N) is 5. The average molecular weight is 442 g/mol. The standard InChI is InChI=1S/C25H23N5OS/c1-3-19-11-13-22(14-12-19)31-17-23-28-29-25(32-24-21(16-26)10-7-15-27-24)30(23)18(2)20-8-5-4-6-9-20/h4-15,18H,3,17H2,1-2H3. The Kier molecular flexibility index (Phi) is 6.83. The lowest BCUT2D eigenvalue weighted by Gasteiger charge is -2.18. The summed E-state index contributed by atoms with van der Waals surface area (Å²) in [6.45, 7) is 4.51. The first-order chi connectivity index (χ1) is 15.7. The van der Waals surface area contributed by atoms with Crippen molar-refractivity contribution in [2.45, 2.75) is 43.1 Å². The summed E-state index contributed by atoms with van der Waals surface area (Å²) in [5, 5.41) is 19.5. The van der Waals surface area contributed by atoms with Crippen LogP contribution in [0.5, 0.6) is 5.75 Å². The number of rotatable bonds is 8. The third-order valence-corrected chi connectivity index (χ3v) is 6.16. The second kappa shape index (κ2) is 10.1. The van der Waals surface area contributed by atoms with Gasteiger partial charge in [-0.2, -0.15) is 5.26 Å². The molecule has 6 nitrogen and oxygen atoms in total. The molecule has 32 heavy (non-hydrogen) atoms. The van der Waals surface area contributed by atoms with E-state index in [1.54, 1.807) is 18.3 Å². The third-order valence-electron chi connectivity index (χ3n) is 5.18. The molecule has 2 aromatic heterocycles. The molecule has 2 heterocycles. The van der Waals surface area contributed by atoms with Crippen LogP contribution in [-0.2, 0) is 13.0 Å². The van der Waals surface area contributed by atoms with Crippen LogP contribution in [-0.4, -0.2) is 19.7 Å². The lowest BCUT2D eigenvalue weighted by molar-refractivity contribution is 0.285. The molecule has 0 saturated carbocycles. The van der Waals surface area contributed by atoms with E-state index in [0.717, 1.165) is 17.7 Å². The normalized spacial score (nSPS) is 11.7. The predicted molar refractivity (Wildman–Crippen MR) is 124 cm³/mol. The number of benzene rings is 2. The first kappa shape index (κ1) is 21.6. The van der Waals surface area contributed by atoms with Gasteiger partial charge in [-0.1, -0.05) is 49.4 Å². The van der Waals surface area contributed by atoms with Gasteiger partial charge in [0, 0.05) is 6.20 Å². The summed E-state index contributed by atoms with van der Waals surface area (Å²) in [4.78, 5) is 4.37. The van der Waals surface area contributed by atoms with Gasteiger partial charge in [0.25, 0.3) is 0 Å². The highest BCUT2D eigenvalue weighted by molar-refractivity contribution is 7.99. The summed E-state index contributed by atoms with van der Waals surface area (Å²) in [5.41, 5.74) is 2.90. The fourth-order valence-electron chi connectivity index (χ4n) is 3.36. The second-order valence-electron chi connectivity index (χ2n) is 7.21. The average Bonchev–Trinajstić information content (AvgIpc) is 3.25. The molecule has 4 rings (SSSR count). The van der Waals surface area contributed by atoms with Gasteiger partial charge >= 0.3 is 0 Å².